The first-order valence-corrected chi connectivity index (χ1v) is 7.46. The molecule has 0 amide bonds. The molecule has 0 aliphatic carbocycles. The van der Waals surface area contributed by atoms with Crippen molar-refractivity contribution in [3.8, 4) is 16.2 Å². The fraction of sp³-hybridized carbons (Fsp3) is 0.312. The van der Waals surface area contributed by atoms with Crippen LogP contribution in [0.25, 0.3) is 10.4 Å². The molecule has 1 aromatic carbocycles. The second kappa shape index (κ2) is 6.18. The molecule has 0 bridgehead atoms. The highest BCUT2D eigenvalue weighted by Gasteiger charge is 2.25. The van der Waals surface area contributed by atoms with E-state index >= 15 is 0 Å². The summed E-state index contributed by atoms with van der Waals surface area (Å²) in [5.74, 6) is 0.553. The molecular weight excluding hydrogens is 286 g/mol. The van der Waals surface area contributed by atoms with Crippen LogP contribution in [0, 0.1) is 0 Å². The summed E-state index contributed by atoms with van der Waals surface area (Å²) in [5, 5.41) is 0. The van der Waals surface area contributed by atoms with Crippen LogP contribution in [-0.2, 0) is 4.74 Å². The van der Waals surface area contributed by atoms with Gasteiger partial charge in [0.1, 0.15) is 10.6 Å². The molecule has 0 radical (unpaired) electrons. The molecule has 2 N–H and O–H groups in total. The highest BCUT2D eigenvalue weighted by molar-refractivity contribution is 7.18. The van der Waals surface area contributed by atoms with Crippen molar-refractivity contribution in [2.24, 2.45) is 0 Å². The number of hydrogen-bond acceptors (Lipinski definition) is 5. The number of nitrogen functional groups attached to an aromatic ring is 1. The first kappa shape index (κ1) is 15.4. The van der Waals surface area contributed by atoms with Crippen LogP contribution in [0.1, 0.15) is 35.0 Å². The lowest BCUT2D eigenvalue weighted by atomic mass is 9.98. The van der Waals surface area contributed by atoms with Crippen LogP contribution in [0.2, 0.25) is 0 Å². The Morgan fingerprint density at radius 3 is 2.48 bits per heavy atom. The third kappa shape index (κ3) is 2.74. The van der Waals surface area contributed by atoms with Crippen molar-refractivity contribution in [2.45, 2.75) is 19.8 Å². The summed E-state index contributed by atoms with van der Waals surface area (Å²) in [6.07, 6.45) is 0. The number of para-hydroxylation sites is 1. The molecule has 0 spiro atoms. The third-order valence-corrected chi connectivity index (χ3v) is 4.52. The van der Waals surface area contributed by atoms with E-state index in [1.54, 1.807) is 7.11 Å². The topological polar surface area (TPSA) is 61.5 Å². The second-order valence-corrected chi connectivity index (χ2v) is 5.95. The molecule has 4 nitrogen and oxygen atoms in total. The number of nitrogens with two attached hydrogens (primary N) is 1. The Morgan fingerprint density at radius 2 is 1.90 bits per heavy atom. The zero-order valence-electron chi connectivity index (χ0n) is 12.6. The van der Waals surface area contributed by atoms with E-state index in [2.05, 4.69) is 13.8 Å². The van der Waals surface area contributed by atoms with Crippen LogP contribution < -0.4 is 10.5 Å². The van der Waals surface area contributed by atoms with Gasteiger partial charge in [0.2, 0.25) is 0 Å². The van der Waals surface area contributed by atoms with Crippen molar-refractivity contribution in [3.63, 3.8) is 0 Å². The van der Waals surface area contributed by atoms with Crippen molar-refractivity contribution >= 4 is 23.0 Å². The quantitative estimate of drug-likeness (QED) is 0.870. The molecule has 0 unspecified atom stereocenters. The molecule has 0 saturated heterocycles. The molecule has 2 aromatic rings. The standard InChI is InChI=1S/C16H19NO3S/c1-9(2)12-13(17)15(16(18)20-4)21-14(12)10-7-5-6-8-11(10)19-3/h5-9H,17H2,1-4H3. The minimum absolute atomic E-state index is 0.194. The highest BCUT2D eigenvalue weighted by Crippen LogP contribution is 2.45. The number of anilines is 1. The molecule has 2 rings (SSSR count). The van der Waals surface area contributed by atoms with E-state index in [0.717, 1.165) is 21.8 Å². The summed E-state index contributed by atoms with van der Waals surface area (Å²) in [6, 6.07) is 7.72. The van der Waals surface area contributed by atoms with E-state index in [9.17, 15) is 4.79 Å². The average Bonchev–Trinajstić information content (AvgIpc) is 2.83. The van der Waals surface area contributed by atoms with Crippen molar-refractivity contribution in [1.82, 2.24) is 0 Å². The molecule has 0 fully saturated rings. The van der Waals surface area contributed by atoms with Crippen LogP contribution in [0.5, 0.6) is 5.75 Å². The summed E-state index contributed by atoms with van der Waals surface area (Å²) in [6.45, 7) is 4.11. The second-order valence-electron chi connectivity index (χ2n) is 4.93. The Bertz CT molecular complexity index is 662. The maximum atomic E-state index is 11.9. The number of methoxy groups -OCH3 is 2. The van der Waals surface area contributed by atoms with Crippen LogP contribution in [0.4, 0.5) is 5.69 Å². The Morgan fingerprint density at radius 1 is 1.24 bits per heavy atom. The Hall–Kier alpha value is -2.01. The van der Waals surface area contributed by atoms with Gasteiger partial charge in [-0.15, -0.1) is 11.3 Å². The van der Waals surface area contributed by atoms with Crippen LogP contribution >= 0.6 is 11.3 Å². The third-order valence-electron chi connectivity index (χ3n) is 3.28. The maximum absolute atomic E-state index is 11.9. The molecule has 0 saturated carbocycles. The zero-order chi connectivity index (χ0) is 15.6. The number of benzene rings is 1. The van der Waals surface area contributed by atoms with Crippen molar-refractivity contribution in [2.75, 3.05) is 20.0 Å². The molecule has 0 atom stereocenters. The van der Waals surface area contributed by atoms with Crippen molar-refractivity contribution in [1.29, 1.82) is 0 Å². The predicted molar refractivity (Wildman–Crippen MR) is 86.1 cm³/mol. The number of carbonyl (C=O) groups is 1. The number of carbonyl (C=O) groups excluding carboxylic acids is 1. The molecule has 1 aromatic heterocycles. The lowest BCUT2D eigenvalue weighted by Crippen LogP contribution is -2.03. The van der Waals surface area contributed by atoms with Gasteiger partial charge in [-0.05, 0) is 23.6 Å². The van der Waals surface area contributed by atoms with Gasteiger partial charge < -0.3 is 15.2 Å². The van der Waals surface area contributed by atoms with E-state index in [4.69, 9.17) is 15.2 Å². The summed E-state index contributed by atoms with van der Waals surface area (Å²) in [4.78, 5) is 13.3. The number of thiophene rings is 1. The monoisotopic (exact) mass is 305 g/mol. The predicted octanol–water partition coefficient (Wildman–Crippen LogP) is 3.92. The van der Waals surface area contributed by atoms with Gasteiger partial charge in [-0.1, -0.05) is 26.0 Å². The fourth-order valence-electron chi connectivity index (χ4n) is 2.31. The number of rotatable bonds is 4. The van der Waals surface area contributed by atoms with Gasteiger partial charge in [-0.2, -0.15) is 0 Å². The fourth-order valence-corrected chi connectivity index (χ4v) is 3.63. The van der Waals surface area contributed by atoms with Gasteiger partial charge in [-0.25, -0.2) is 4.79 Å². The molecule has 21 heavy (non-hydrogen) atoms. The number of hydrogen-bond donors (Lipinski definition) is 1. The normalized spacial score (nSPS) is 10.7. The Labute approximate surface area is 128 Å². The lowest BCUT2D eigenvalue weighted by Gasteiger charge is -2.11. The average molecular weight is 305 g/mol. The molecule has 5 heteroatoms. The molecule has 0 aliphatic rings. The van der Waals surface area contributed by atoms with Crippen LogP contribution in [0.3, 0.4) is 0 Å². The lowest BCUT2D eigenvalue weighted by molar-refractivity contribution is 0.0607. The smallest absolute Gasteiger partial charge is 0.350 e. The van der Waals surface area contributed by atoms with Gasteiger partial charge in [-0.3, -0.25) is 0 Å². The van der Waals surface area contributed by atoms with E-state index in [0.29, 0.717) is 10.6 Å². The van der Waals surface area contributed by atoms with Gasteiger partial charge in [0.05, 0.1) is 19.9 Å². The van der Waals surface area contributed by atoms with Gasteiger partial charge >= 0.3 is 5.97 Å². The summed E-state index contributed by atoms with van der Waals surface area (Å²) in [5.41, 5.74) is 8.58. The zero-order valence-corrected chi connectivity index (χ0v) is 13.4. The van der Waals surface area contributed by atoms with E-state index in [1.807, 2.05) is 24.3 Å². The largest absolute Gasteiger partial charge is 0.496 e. The van der Waals surface area contributed by atoms with E-state index < -0.39 is 5.97 Å². The highest BCUT2D eigenvalue weighted by atomic mass is 32.1. The van der Waals surface area contributed by atoms with E-state index in [1.165, 1.54) is 18.4 Å². The maximum Gasteiger partial charge on any atom is 0.350 e. The molecular formula is C16H19NO3S. The van der Waals surface area contributed by atoms with Gasteiger partial charge in [0.15, 0.2) is 0 Å². The van der Waals surface area contributed by atoms with Crippen LogP contribution in [0.15, 0.2) is 24.3 Å². The van der Waals surface area contributed by atoms with Crippen LogP contribution in [-0.4, -0.2) is 20.2 Å². The first-order valence-electron chi connectivity index (χ1n) is 6.65. The van der Waals surface area contributed by atoms with Gasteiger partial charge in [0.25, 0.3) is 0 Å². The number of ether oxygens (including phenoxy) is 2. The Kier molecular flexibility index (Phi) is 4.53. The summed E-state index contributed by atoms with van der Waals surface area (Å²) in [7, 11) is 2.99. The first-order chi connectivity index (χ1) is 10.0. The number of esters is 1. The minimum Gasteiger partial charge on any atom is -0.496 e. The SMILES string of the molecule is COC(=O)c1sc(-c2ccccc2OC)c(C(C)C)c1N. The summed E-state index contributed by atoms with van der Waals surface area (Å²) < 4.78 is 10.2. The summed E-state index contributed by atoms with van der Waals surface area (Å²) >= 11 is 1.35. The van der Waals surface area contributed by atoms with E-state index in [-0.39, 0.29) is 5.92 Å². The Balaban J connectivity index is 2.70. The molecule has 0 aliphatic heterocycles. The minimum atomic E-state index is -0.402. The van der Waals surface area contributed by atoms with Crippen molar-refractivity contribution in [3.05, 3.63) is 34.7 Å². The van der Waals surface area contributed by atoms with Crippen molar-refractivity contribution < 1.29 is 14.3 Å². The van der Waals surface area contributed by atoms with Gasteiger partial charge in [0, 0.05) is 10.4 Å². The molecule has 112 valence electrons. The molecule has 1 heterocycles.